The Kier molecular flexibility index (Phi) is 4.76. The molecule has 5 heteroatoms. The van der Waals surface area contributed by atoms with Crippen molar-refractivity contribution < 1.29 is 10.2 Å². The van der Waals surface area contributed by atoms with Crippen LogP contribution in [0.25, 0.3) is 11.0 Å². The number of imidazole rings is 1. The van der Waals surface area contributed by atoms with Crippen molar-refractivity contribution >= 4 is 16.7 Å². The molecule has 0 saturated heterocycles. The molecule has 0 amide bonds. The number of aliphatic hydroxyl groups is 2. The van der Waals surface area contributed by atoms with Crippen molar-refractivity contribution in [3.63, 3.8) is 0 Å². The van der Waals surface area contributed by atoms with Crippen LogP contribution in [0.1, 0.15) is 31.5 Å². The number of hydrogen-bond acceptors (Lipinski definition) is 4. The Balaban J connectivity index is 2.11. The summed E-state index contributed by atoms with van der Waals surface area (Å²) < 4.78 is 2.05. The van der Waals surface area contributed by atoms with Crippen molar-refractivity contribution in [2.24, 2.45) is 0 Å². The first-order chi connectivity index (χ1) is 9.26. The normalized spacial score (nSPS) is 11.3. The van der Waals surface area contributed by atoms with Gasteiger partial charge < -0.3 is 20.5 Å². The first-order valence-electron chi connectivity index (χ1n) is 6.72. The van der Waals surface area contributed by atoms with Crippen LogP contribution < -0.4 is 5.73 Å². The van der Waals surface area contributed by atoms with Gasteiger partial charge in [0.1, 0.15) is 12.4 Å². The van der Waals surface area contributed by atoms with Crippen LogP contribution in [0.5, 0.6) is 0 Å². The van der Waals surface area contributed by atoms with Crippen LogP contribution in [0.15, 0.2) is 18.2 Å². The van der Waals surface area contributed by atoms with E-state index in [-0.39, 0.29) is 13.2 Å². The molecule has 1 aromatic carbocycles. The Bertz CT molecular complexity index is 537. The number of hydrogen-bond donors (Lipinski definition) is 3. The Hall–Kier alpha value is -1.59. The van der Waals surface area contributed by atoms with Crippen LogP contribution in [0, 0.1) is 0 Å². The summed E-state index contributed by atoms with van der Waals surface area (Å²) in [5.41, 5.74) is 8.28. The summed E-state index contributed by atoms with van der Waals surface area (Å²) in [7, 11) is 0. The van der Waals surface area contributed by atoms with E-state index < -0.39 is 0 Å². The van der Waals surface area contributed by atoms with Crippen molar-refractivity contribution in [3.8, 4) is 0 Å². The van der Waals surface area contributed by atoms with E-state index in [4.69, 9.17) is 10.8 Å². The SMILES string of the molecule is Nc1ccc2c(c1)nc(CO)n2CCCCCCO. The number of aliphatic hydroxyl groups excluding tert-OH is 2. The van der Waals surface area contributed by atoms with Gasteiger partial charge in [-0.25, -0.2) is 4.98 Å². The maximum absolute atomic E-state index is 9.38. The summed E-state index contributed by atoms with van der Waals surface area (Å²) in [4.78, 5) is 4.40. The summed E-state index contributed by atoms with van der Waals surface area (Å²) in [6, 6.07) is 5.63. The molecular weight excluding hydrogens is 242 g/mol. The predicted octanol–water partition coefficient (Wildman–Crippen LogP) is 1.66. The smallest absolute Gasteiger partial charge is 0.135 e. The Morgan fingerprint density at radius 1 is 1.11 bits per heavy atom. The fourth-order valence-corrected chi connectivity index (χ4v) is 2.30. The highest BCUT2D eigenvalue weighted by Crippen LogP contribution is 2.20. The van der Waals surface area contributed by atoms with Gasteiger partial charge >= 0.3 is 0 Å². The average molecular weight is 263 g/mol. The van der Waals surface area contributed by atoms with Crippen LogP contribution in [-0.4, -0.2) is 26.4 Å². The zero-order valence-corrected chi connectivity index (χ0v) is 11.0. The lowest BCUT2D eigenvalue weighted by Crippen LogP contribution is -2.04. The standard InChI is InChI=1S/C14H21N3O2/c15-11-5-6-13-12(9-11)16-14(10-19)17(13)7-3-1-2-4-8-18/h5-6,9,18-19H,1-4,7-8,10,15H2. The zero-order valence-electron chi connectivity index (χ0n) is 11.0. The number of unbranched alkanes of at least 4 members (excludes halogenated alkanes) is 3. The molecule has 5 nitrogen and oxygen atoms in total. The third-order valence-corrected chi connectivity index (χ3v) is 3.28. The molecule has 0 aliphatic rings. The van der Waals surface area contributed by atoms with E-state index in [9.17, 15) is 5.11 Å². The van der Waals surface area contributed by atoms with E-state index in [0.29, 0.717) is 11.5 Å². The first kappa shape index (κ1) is 13.8. The minimum absolute atomic E-state index is 0.0643. The van der Waals surface area contributed by atoms with Crippen molar-refractivity contribution in [2.75, 3.05) is 12.3 Å². The zero-order chi connectivity index (χ0) is 13.7. The number of nitrogens with zero attached hydrogens (tertiary/aromatic N) is 2. The monoisotopic (exact) mass is 263 g/mol. The molecule has 0 fully saturated rings. The van der Waals surface area contributed by atoms with E-state index >= 15 is 0 Å². The van der Waals surface area contributed by atoms with Crippen LogP contribution in [0.3, 0.4) is 0 Å². The summed E-state index contributed by atoms with van der Waals surface area (Å²) in [6.07, 6.45) is 3.97. The summed E-state index contributed by atoms with van der Waals surface area (Å²) in [6.45, 7) is 1.03. The molecule has 0 saturated carbocycles. The highest BCUT2D eigenvalue weighted by molar-refractivity contribution is 5.79. The summed E-state index contributed by atoms with van der Waals surface area (Å²) in [5.74, 6) is 0.683. The number of nitrogen functional groups attached to an aromatic ring is 1. The average Bonchev–Trinajstić information content (AvgIpc) is 2.75. The second-order valence-corrected chi connectivity index (χ2v) is 4.72. The van der Waals surface area contributed by atoms with E-state index in [0.717, 1.165) is 43.3 Å². The minimum atomic E-state index is -0.0643. The Morgan fingerprint density at radius 3 is 2.63 bits per heavy atom. The molecule has 2 aromatic rings. The van der Waals surface area contributed by atoms with Crippen molar-refractivity contribution in [1.82, 2.24) is 9.55 Å². The molecule has 0 aliphatic carbocycles. The molecule has 0 spiro atoms. The van der Waals surface area contributed by atoms with Gasteiger partial charge in [-0.2, -0.15) is 0 Å². The number of benzene rings is 1. The number of anilines is 1. The van der Waals surface area contributed by atoms with Crippen LogP contribution in [0.2, 0.25) is 0 Å². The highest BCUT2D eigenvalue weighted by atomic mass is 16.3. The molecule has 0 bridgehead atoms. The van der Waals surface area contributed by atoms with Crippen LogP contribution in [0.4, 0.5) is 5.69 Å². The van der Waals surface area contributed by atoms with Crippen LogP contribution in [-0.2, 0) is 13.2 Å². The van der Waals surface area contributed by atoms with Gasteiger partial charge in [0.05, 0.1) is 11.0 Å². The van der Waals surface area contributed by atoms with Gasteiger partial charge in [-0.05, 0) is 31.0 Å². The van der Waals surface area contributed by atoms with Crippen LogP contribution >= 0.6 is 0 Å². The number of aryl methyl sites for hydroxylation is 1. The molecule has 2 rings (SSSR count). The lowest BCUT2D eigenvalue weighted by Gasteiger charge is -2.07. The van der Waals surface area contributed by atoms with Gasteiger partial charge in [-0.3, -0.25) is 0 Å². The molecular formula is C14H21N3O2. The molecule has 0 aliphatic heterocycles. The Labute approximate surface area is 112 Å². The van der Waals surface area contributed by atoms with Gasteiger partial charge in [-0.1, -0.05) is 12.8 Å². The Morgan fingerprint density at radius 2 is 1.89 bits per heavy atom. The third-order valence-electron chi connectivity index (χ3n) is 3.28. The second kappa shape index (κ2) is 6.54. The maximum atomic E-state index is 9.38. The van der Waals surface area contributed by atoms with Gasteiger partial charge in [0.25, 0.3) is 0 Å². The molecule has 0 unspecified atom stereocenters. The van der Waals surface area contributed by atoms with E-state index in [1.807, 2.05) is 22.8 Å². The predicted molar refractivity (Wildman–Crippen MR) is 75.6 cm³/mol. The molecule has 1 aromatic heterocycles. The van der Waals surface area contributed by atoms with Crippen molar-refractivity contribution in [1.29, 1.82) is 0 Å². The maximum Gasteiger partial charge on any atom is 0.135 e. The fraction of sp³-hybridized carbons (Fsp3) is 0.500. The summed E-state index contributed by atoms with van der Waals surface area (Å²) in [5, 5.41) is 18.1. The van der Waals surface area contributed by atoms with E-state index in [1.165, 1.54) is 0 Å². The fourth-order valence-electron chi connectivity index (χ4n) is 2.30. The topological polar surface area (TPSA) is 84.3 Å². The number of fused-ring (bicyclic) bond motifs is 1. The number of aromatic nitrogens is 2. The first-order valence-corrected chi connectivity index (χ1v) is 6.72. The second-order valence-electron chi connectivity index (χ2n) is 4.72. The molecule has 0 radical (unpaired) electrons. The summed E-state index contributed by atoms with van der Waals surface area (Å²) >= 11 is 0. The van der Waals surface area contributed by atoms with Gasteiger partial charge in [0, 0.05) is 18.8 Å². The van der Waals surface area contributed by atoms with Gasteiger partial charge in [-0.15, -0.1) is 0 Å². The quantitative estimate of drug-likeness (QED) is 0.524. The molecule has 1 heterocycles. The van der Waals surface area contributed by atoms with Crippen molar-refractivity contribution in [2.45, 2.75) is 38.8 Å². The minimum Gasteiger partial charge on any atom is -0.399 e. The molecule has 104 valence electrons. The molecule has 0 atom stereocenters. The lowest BCUT2D eigenvalue weighted by atomic mass is 10.2. The van der Waals surface area contributed by atoms with E-state index in [1.54, 1.807) is 0 Å². The number of rotatable bonds is 7. The molecule has 19 heavy (non-hydrogen) atoms. The van der Waals surface area contributed by atoms with Crippen molar-refractivity contribution in [3.05, 3.63) is 24.0 Å². The highest BCUT2D eigenvalue weighted by Gasteiger charge is 2.09. The molecule has 4 N–H and O–H groups in total. The van der Waals surface area contributed by atoms with Gasteiger partial charge in [0.15, 0.2) is 0 Å². The van der Waals surface area contributed by atoms with Gasteiger partial charge in [0.2, 0.25) is 0 Å². The third kappa shape index (κ3) is 3.24. The largest absolute Gasteiger partial charge is 0.399 e. The number of nitrogens with two attached hydrogens (primary N) is 1. The lowest BCUT2D eigenvalue weighted by molar-refractivity contribution is 0.264. The van der Waals surface area contributed by atoms with E-state index in [2.05, 4.69) is 4.98 Å².